The fourth-order valence-electron chi connectivity index (χ4n) is 3.38. The van der Waals surface area contributed by atoms with E-state index in [0.717, 1.165) is 41.9 Å². The van der Waals surface area contributed by atoms with Crippen molar-refractivity contribution in [3.8, 4) is 17.2 Å². The zero-order valence-corrected chi connectivity index (χ0v) is 20.6. The number of fused-ring (bicyclic) bond motifs is 1. The number of aliphatic imine (C=N–C) groups is 1. The zero-order valence-electron chi connectivity index (χ0n) is 18.3. The molecule has 0 unspecified atom stereocenters. The van der Waals surface area contributed by atoms with Crippen molar-refractivity contribution in [2.75, 3.05) is 27.8 Å². The first-order valence-electron chi connectivity index (χ1n) is 9.87. The van der Waals surface area contributed by atoms with Gasteiger partial charge in [-0.15, -0.1) is 24.0 Å². The van der Waals surface area contributed by atoms with Crippen molar-refractivity contribution in [2.45, 2.75) is 26.4 Å². The lowest BCUT2D eigenvalue weighted by Crippen LogP contribution is -2.37. The first-order valence-corrected chi connectivity index (χ1v) is 9.87. The number of rotatable bonds is 8. The number of phenols is 1. The van der Waals surface area contributed by atoms with E-state index in [4.69, 9.17) is 9.47 Å². The number of guanidine groups is 1. The normalized spacial score (nSPS) is 11.2. The first kappa shape index (κ1) is 24.6. The predicted molar refractivity (Wildman–Crippen MR) is 134 cm³/mol. The number of methoxy groups -OCH3 is 2. The van der Waals surface area contributed by atoms with Gasteiger partial charge in [0.25, 0.3) is 0 Å². The molecule has 0 aliphatic heterocycles. The molecule has 0 radical (unpaired) electrons. The Morgan fingerprint density at radius 2 is 1.81 bits per heavy atom. The average molecular weight is 539 g/mol. The zero-order chi connectivity index (χ0) is 21.5. The van der Waals surface area contributed by atoms with Gasteiger partial charge in [-0.2, -0.15) is 0 Å². The summed E-state index contributed by atoms with van der Waals surface area (Å²) in [6, 6.07) is 11.7. The van der Waals surface area contributed by atoms with E-state index >= 15 is 0 Å². The van der Waals surface area contributed by atoms with E-state index in [0.29, 0.717) is 24.0 Å². The van der Waals surface area contributed by atoms with Gasteiger partial charge >= 0.3 is 0 Å². The Labute approximate surface area is 199 Å². The number of hydrogen-bond acceptors (Lipinski definition) is 5. The van der Waals surface area contributed by atoms with E-state index in [1.165, 1.54) is 14.2 Å². The van der Waals surface area contributed by atoms with Crippen LogP contribution in [-0.4, -0.2) is 48.4 Å². The number of imidazole rings is 1. The highest BCUT2D eigenvalue weighted by Gasteiger charge is 2.11. The summed E-state index contributed by atoms with van der Waals surface area (Å²) in [4.78, 5) is 8.88. The standard InChI is InChI=1S/C22H29N5O3.HI/c1-15-26-17-8-5-6-9-18(17)27(15)11-7-10-24-22(23-2)25-14-16-12-19(29-3)21(28)20(13-16)30-4;/h5-6,8-9,12-13,28H,7,10-11,14H2,1-4H3,(H2,23,24,25);1H. The molecule has 0 aliphatic carbocycles. The van der Waals surface area contributed by atoms with Crippen molar-refractivity contribution in [1.82, 2.24) is 20.2 Å². The molecule has 0 saturated heterocycles. The minimum Gasteiger partial charge on any atom is -0.502 e. The third-order valence-corrected chi connectivity index (χ3v) is 4.92. The van der Waals surface area contributed by atoms with Crippen LogP contribution in [0.4, 0.5) is 0 Å². The summed E-state index contributed by atoms with van der Waals surface area (Å²) in [7, 11) is 4.76. The van der Waals surface area contributed by atoms with Gasteiger partial charge in [0, 0.05) is 26.7 Å². The largest absolute Gasteiger partial charge is 0.502 e. The maximum Gasteiger partial charge on any atom is 0.200 e. The molecule has 0 saturated carbocycles. The molecular formula is C22H30IN5O3. The number of hydrogen-bond donors (Lipinski definition) is 3. The quantitative estimate of drug-likeness (QED) is 0.176. The number of para-hydroxylation sites is 2. The number of aromatic nitrogens is 2. The van der Waals surface area contributed by atoms with Crippen LogP contribution in [0.3, 0.4) is 0 Å². The number of benzene rings is 2. The number of nitrogens with zero attached hydrogens (tertiary/aromatic N) is 3. The molecule has 8 nitrogen and oxygen atoms in total. The highest BCUT2D eigenvalue weighted by atomic mass is 127. The second kappa shape index (κ2) is 11.6. The number of aryl methyl sites for hydroxylation is 2. The summed E-state index contributed by atoms with van der Waals surface area (Å²) >= 11 is 0. The summed E-state index contributed by atoms with van der Waals surface area (Å²) in [5.41, 5.74) is 3.10. The van der Waals surface area contributed by atoms with Crippen LogP contribution in [0.5, 0.6) is 17.2 Å². The van der Waals surface area contributed by atoms with E-state index in [1.54, 1.807) is 19.2 Å². The third-order valence-electron chi connectivity index (χ3n) is 4.92. The lowest BCUT2D eigenvalue weighted by molar-refractivity contribution is 0.339. The average Bonchev–Trinajstić information content (AvgIpc) is 3.09. The Morgan fingerprint density at radius 1 is 1.13 bits per heavy atom. The summed E-state index contributed by atoms with van der Waals surface area (Å²) in [5.74, 6) is 2.46. The fourth-order valence-corrected chi connectivity index (χ4v) is 3.38. The van der Waals surface area contributed by atoms with Crippen LogP contribution in [0.2, 0.25) is 0 Å². The van der Waals surface area contributed by atoms with Crippen LogP contribution in [-0.2, 0) is 13.1 Å². The van der Waals surface area contributed by atoms with E-state index in [-0.39, 0.29) is 29.7 Å². The van der Waals surface area contributed by atoms with Crippen molar-refractivity contribution < 1.29 is 14.6 Å². The lowest BCUT2D eigenvalue weighted by Gasteiger charge is -2.14. The van der Waals surface area contributed by atoms with Crippen molar-refractivity contribution in [3.63, 3.8) is 0 Å². The second-order valence-corrected chi connectivity index (χ2v) is 6.85. The second-order valence-electron chi connectivity index (χ2n) is 6.85. The van der Waals surface area contributed by atoms with Gasteiger partial charge in [-0.3, -0.25) is 4.99 Å². The molecule has 0 spiro atoms. The highest BCUT2D eigenvalue weighted by Crippen LogP contribution is 2.36. The molecule has 0 bridgehead atoms. The summed E-state index contributed by atoms with van der Waals surface area (Å²) in [6.07, 6.45) is 0.933. The number of ether oxygens (including phenoxy) is 2. The molecule has 0 atom stereocenters. The topological polar surface area (TPSA) is 92.9 Å². The molecule has 0 amide bonds. The maximum absolute atomic E-state index is 10.0. The lowest BCUT2D eigenvalue weighted by atomic mass is 10.2. The van der Waals surface area contributed by atoms with Gasteiger partial charge < -0.3 is 29.8 Å². The van der Waals surface area contributed by atoms with Crippen LogP contribution in [0.25, 0.3) is 11.0 Å². The van der Waals surface area contributed by atoms with Crippen LogP contribution >= 0.6 is 24.0 Å². The molecule has 3 N–H and O–H groups in total. The molecular weight excluding hydrogens is 509 g/mol. The van der Waals surface area contributed by atoms with Gasteiger partial charge in [0.15, 0.2) is 17.5 Å². The van der Waals surface area contributed by atoms with E-state index < -0.39 is 0 Å². The molecule has 3 aromatic rings. The van der Waals surface area contributed by atoms with Gasteiger partial charge in [-0.05, 0) is 43.2 Å². The number of aromatic hydroxyl groups is 1. The summed E-state index contributed by atoms with van der Waals surface area (Å²) in [5, 5.41) is 16.6. The Balaban J connectivity index is 0.00000341. The Bertz CT molecular complexity index is 1010. The van der Waals surface area contributed by atoms with Crippen molar-refractivity contribution in [3.05, 3.63) is 47.8 Å². The molecule has 9 heteroatoms. The molecule has 0 fully saturated rings. The molecule has 31 heavy (non-hydrogen) atoms. The molecule has 1 aromatic heterocycles. The maximum atomic E-state index is 10.0. The van der Waals surface area contributed by atoms with Crippen LogP contribution in [0, 0.1) is 6.92 Å². The number of nitrogens with one attached hydrogen (secondary N) is 2. The minimum atomic E-state index is -0.00595. The molecule has 2 aromatic carbocycles. The third kappa shape index (κ3) is 5.93. The molecule has 0 aliphatic rings. The van der Waals surface area contributed by atoms with E-state index in [9.17, 15) is 5.11 Å². The predicted octanol–water partition coefficient (Wildman–Crippen LogP) is 3.44. The fraction of sp³-hybridized carbons (Fsp3) is 0.364. The number of phenolic OH excluding ortho intramolecular Hbond substituents is 1. The van der Waals surface area contributed by atoms with Gasteiger partial charge in [-0.25, -0.2) is 4.98 Å². The monoisotopic (exact) mass is 539 g/mol. The molecule has 168 valence electrons. The Morgan fingerprint density at radius 3 is 2.45 bits per heavy atom. The van der Waals surface area contributed by atoms with E-state index in [2.05, 4.69) is 31.2 Å². The van der Waals surface area contributed by atoms with Gasteiger partial charge in [0.2, 0.25) is 5.75 Å². The van der Waals surface area contributed by atoms with Gasteiger partial charge in [0.1, 0.15) is 5.82 Å². The van der Waals surface area contributed by atoms with Crippen molar-refractivity contribution >= 4 is 41.0 Å². The Hall–Kier alpha value is -2.69. The van der Waals surface area contributed by atoms with Gasteiger partial charge in [0.05, 0.1) is 25.3 Å². The van der Waals surface area contributed by atoms with Crippen molar-refractivity contribution in [2.24, 2.45) is 4.99 Å². The van der Waals surface area contributed by atoms with E-state index in [1.807, 2.05) is 25.1 Å². The van der Waals surface area contributed by atoms with Crippen LogP contribution < -0.4 is 20.1 Å². The molecule has 3 rings (SSSR count). The number of halogens is 1. The smallest absolute Gasteiger partial charge is 0.200 e. The summed E-state index contributed by atoms with van der Waals surface area (Å²) in [6.45, 7) is 4.20. The van der Waals surface area contributed by atoms with Crippen LogP contribution in [0.1, 0.15) is 17.8 Å². The Kier molecular flexibility index (Phi) is 9.22. The first-order chi connectivity index (χ1) is 14.6. The van der Waals surface area contributed by atoms with Gasteiger partial charge in [-0.1, -0.05) is 12.1 Å². The molecule has 1 heterocycles. The minimum absolute atomic E-state index is 0. The summed E-state index contributed by atoms with van der Waals surface area (Å²) < 4.78 is 12.6. The van der Waals surface area contributed by atoms with Crippen molar-refractivity contribution in [1.29, 1.82) is 0 Å². The van der Waals surface area contributed by atoms with Crippen LogP contribution in [0.15, 0.2) is 41.4 Å². The highest BCUT2D eigenvalue weighted by molar-refractivity contribution is 14.0. The SMILES string of the molecule is CN=C(NCCCn1c(C)nc2ccccc21)NCc1cc(OC)c(O)c(OC)c1.I.